The topological polar surface area (TPSA) is 67.4 Å². The van der Waals surface area contributed by atoms with Crippen molar-refractivity contribution in [2.24, 2.45) is 0 Å². The van der Waals surface area contributed by atoms with Crippen LogP contribution in [-0.2, 0) is 9.53 Å². The third-order valence-electron chi connectivity index (χ3n) is 5.34. The Labute approximate surface area is 176 Å². The summed E-state index contributed by atoms with van der Waals surface area (Å²) in [5.74, 6) is 0.678. The largest absolute Gasteiger partial charge is 0.378 e. The maximum Gasteiger partial charge on any atom is 0.231 e. The van der Waals surface area contributed by atoms with E-state index in [9.17, 15) is 4.79 Å². The van der Waals surface area contributed by atoms with Crippen LogP contribution in [0.25, 0.3) is 11.3 Å². The van der Waals surface area contributed by atoms with E-state index in [2.05, 4.69) is 20.4 Å². The van der Waals surface area contributed by atoms with Gasteiger partial charge in [-0.25, -0.2) is 0 Å². The summed E-state index contributed by atoms with van der Waals surface area (Å²) in [5, 5.41) is 11.8. The van der Waals surface area contributed by atoms with Crippen LogP contribution in [0.5, 0.6) is 0 Å². The number of carbonyl (C=O) groups excluding carboxylic acids is 1. The molecule has 154 valence electrons. The van der Waals surface area contributed by atoms with Gasteiger partial charge < -0.3 is 15.0 Å². The van der Waals surface area contributed by atoms with E-state index >= 15 is 0 Å². The first kappa shape index (κ1) is 20.0. The summed E-state index contributed by atoms with van der Waals surface area (Å²) in [4.78, 5) is 15.0. The Hall–Kier alpha value is -3.25. The zero-order valence-electron chi connectivity index (χ0n) is 17.1. The third-order valence-corrected chi connectivity index (χ3v) is 5.34. The van der Waals surface area contributed by atoms with Crippen LogP contribution in [0.1, 0.15) is 24.8 Å². The Morgan fingerprint density at radius 3 is 2.53 bits per heavy atom. The second-order valence-corrected chi connectivity index (χ2v) is 7.32. The second-order valence-electron chi connectivity index (χ2n) is 7.32. The fourth-order valence-corrected chi connectivity index (χ4v) is 3.68. The molecule has 1 fully saturated rings. The normalized spacial score (nSPS) is 14.9. The van der Waals surface area contributed by atoms with Gasteiger partial charge in [0.15, 0.2) is 5.82 Å². The lowest BCUT2D eigenvalue weighted by Crippen LogP contribution is -2.36. The number of amides is 1. The lowest BCUT2D eigenvalue weighted by molar-refractivity contribution is -0.117. The van der Waals surface area contributed by atoms with Crippen LogP contribution in [-0.4, -0.2) is 42.4 Å². The molecular formula is C24H26N4O2. The maximum atomic E-state index is 12.9. The molecule has 4 rings (SSSR count). The molecule has 0 aliphatic carbocycles. The smallest absolute Gasteiger partial charge is 0.231 e. The first-order valence-corrected chi connectivity index (χ1v) is 10.4. The van der Waals surface area contributed by atoms with Gasteiger partial charge in [-0.2, -0.15) is 0 Å². The van der Waals surface area contributed by atoms with Gasteiger partial charge in [-0.1, -0.05) is 49.4 Å². The number of carbonyl (C=O) groups is 1. The summed E-state index contributed by atoms with van der Waals surface area (Å²) < 4.78 is 5.39. The van der Waals surface area contributed by atoms with Gasteiger partial charge in [0, 0.05) is 24.3 Å². The first-order valence-electron chi connectivity index (χ1n) is 10.4. The lowest BCUT2D eigenvalue weighted by atomic mass is 9.95. The van der Waals surface area contributed by atoms with Crippen molar-refractivity contribution in [2.45, 2.75) is 19.3 Å². The van der Waals surface area contributed by atoms with Gasteiger partial charge in [-0.05, 0) is 36.2 Å². The predicted octanol–water partition coefficient (Wildman–Crippen LogP) is 4.11. The van der Waals surface area contributed by atoms with Gasteiger partial charge in [0.25, 0.3) is 0 Å². The van der Waals surface area contributed by atoms with Crippen LogP contribution in [0.3, 0.4) is 0 Å². The molecule has 0 saturated carbocycles. The van der Waals surface area contributed by atoms with Gasteiger partial charge in [0.1, 0.15) is 0 Å². The van der Waals surface area contributed by atoms with Crippen LogP contribution in [0.4, 0.5) is 11.5 Å². The standard InChI is InChI=1S/C24H26N4O2/c1-2-21(18-7-4-3-5-8-18)24(29)25-20-10-6-9-19(17-20)22-11-12-23(27-26-22)28-13-15-30-16-14-28/h3-12,17,21H,2,13-16H2,1H3,(H,25,29)/t21-/m1/s1. The molecule has 1 aromatic heterocycles. The summed E-state index contributed by atoms with van der Waals surface area (Å²) in [5.41, 5.74) is 3.48. The minimum absolute atomic E-state index is 0.00500. The van der Waals surface area contributed by atoms with E-state index < -0.39 is 0 Å². The predicted molar refractivity (Wildman–Crippen MR) is 119 cm³/mol. The van der Waals surface area contributed by atoms with Crippen molar-refractivity contribution in [1.82, 2.24) is 10.2 Å². The lowest BCUT2D eigenvalue weighted by Gasteiger charge is -2.27. The molecule has 0 unspecified atom stereocenters. The molecule has 3 aromatic rings. The number of hydrogen-bond acceptors (Lipinski definition) is 5. The highest BCUT2D eigenvalue weighted by atomic mass is 16.5. The fourth-order valence-electron chi connectivity index (χ4n) is 3.68. The van der Waals surface area contributed by atoms with Gasteiger partial charge >= 0.3 is 0 Å². The summed E-state index contributed by atoms with van der Waals surface area (Å²) in [6.07, 6.45) is 0.740. The van der Waals surface area contributed by atoms with E-state index in [1.807, 2.05) is 73.7 Å². The highest BCUT2D eigenvalue weighted by Crippen LogP contribution is 2.25. The van der Waals surface area contributed by atoms with Crippen LogP contribution >= 0.6 is 0 Å². The summed E-state index contributed by atoms with van der Waals surface area (Å²) in [7, 11) is 0. The second kappa shape index (κ2) is 9.50. The van der Waals surface area contributed by atoms with E-state index in [4.69, 9.17) is 4.74 Å². The molecular weight excluding hydrogens is 376 g/mol. The van der Waals surface area contributed by atoms with Crippen molar-refractivity contribution >= 4 is 17.4 Å². The van der Waals surface area contributed by atoms with E-state index in [-0.39, 0.29) is 11.8 Å². The van der Waals surface area contributed by atoms with Crippen molar-refractivity contribution in [3.8, 4) is 11.3 Å². The average molecular weight is 402 g/mol. The molecule has 2 aromatic carbocycles. The molecule has 6 nitrogen and oxygen atoms in total. The highest BCUT2D eigenvalue weighted by Gasteiger charge is 2.19. The van der Waals surface area contributed by atoms with E-state index in [1.165, 1.54) is 0 Å². The van der Waals surface area contributed by atoms with Crippen molar-refractivity contribution in [2.75, 3.05) is 36.5 Å². The zero-order chi connectivity index (χ0) is 20.8. The minimum Gasteiger partial charge on any atom is -0.378 e. The number of nitrogens with zero attached hydrogens (tertiary/aromatic N) is 3. The number of ether oxygens (including phenoxy) is 1. The Balaban J connectivity index is 1.47. The Bertz CT molecular complexity index is 970. The molecule has 1 aliphatic heterocycles. The zero-order valence-corrected chi connectivity index (χ0v) is 17.1. The number of hydrogen-bond donors (Lipinski definition) is 1. The van der Waals surface area contributed by atoms with Gasteiger partial charge in [0.2, 0.25) is 5.91 Å². The summed E-state index contributed by atoms with van der Waals surface area (Å²) >= 11 is 0. The Morgan fingerprint density at radius 1 is 1.03 bits per heavy atom. The van der Waals surface area contributed by atoms with Crippen molar-refractivity contribution in [1.29, 1.82) is 0 Å². The molecule has 2 heterocycles. The Morgan fingerprint density at radius 2 is 1.83 bits per heavy atom. The summed E-state index contributed by atoms with van der Waals surface area (Å²) in [6, 6.07) is 21.6. The van der Waals surface area contributed by atoms with Crippen molar-refractivity contribution in [3.63, 3.8) is 0 Å². The molecule has 30 heavy (non-hydrogen) atoms. The van der Waals surface area contributed by atoms with E-state index in [0.717, 1.165) is 47.8 Å². The molecule has 6 heteroatoms. The molecule has 0 spiro atoms. The monoisotopic (exact) mass is 402 g/mol. The van der Waals surface area contributed by atoms with Crippen LogP contribution in [0.15, 0.2) is 66.7 Å². The van der Waals surface area contributed by atoms with E-state index in [1.54, 1.807) is 0 Å². The Kier molecular flexibility index (Phi) is 6.35. The molecule has 1 amide bonds. The van der Waals surface area contributed by atoms with Gasteiger partial charge in [0.05, 0.1) is 24.8 Å². The van der Waals surface area contributed by atoms with Crippen LogP contribution < -0.4 is 10.2 Å². The molecule has 0 bridgehead atoms. The van der Waals surface area contributed by atoms with Crippen molar-refractivity contribution < 1.29 is 9.53 Å². The highest BCUT2D eigenvalue weighted by molar-refractivity contribution is 5.96. The molecule has 0 radical (unpaired) electrons. The number of nitrogens with one attached hydrogen (secondary N) is 1. The number of benzene rings is 2. The average Bonchev–Trinajstić information content (AvgIpc) is 2.81. The quantitative estimate of drug-likeness (QED) is 0.672. The summed E-state index contributed by atoms with van der Waals surface area (Å²) in [6.45, 7) is 5.12. The minimum atomic E-state index is -0.178. The van der Waals surface area contributed by atoms with Crippen molar-refractivity contribution in [3.05, 3.63) is 72.3 Å². The number of rotatable bonds is 6. The molecule has 1 saturated heterocycles. The SMILES string of the molecule is CC[C@@H](C(=O)Nc1cccc(-c2ccc(N3CCOCC3)nn2)c1)c1ccccc1. The van der Waals surface area contributed by atoms with Crippen LogP contribution in [0, 0.1) is 0 Å². The van der Waals surface area contributed by atoms with Crippen LogP contribution in [0.2, 0.25) is 0 Å². The molecule has 1 atom stereocenters. The number of anilines is 2. The first-order chi connectivity index (χ1) is 14.7. The van der Waals surface area contributed by atoms with Gasteiger partial charge in [-0.15, -0.1) is 10.2 Å². The number of aromatic nitrogens is 2. The number of morpholine rings is 1. The van der Waals surface area contributed by atoms with Gasteiger partial charge in [-0.3, -0.25) is 4.79 Å². The van der Waals surface area contributed by atoms with E-state index in [0.29, 0.717) is 13.2 Å². The molecule has 1 N–H and O–H groups in total. The maximum absolute atomic E-state index is 12.9. The molecule has 1 aliphatic rings. The fraction of sp³-hybridized carbons (Fsp3) is 0.292. The third kappa shape index (κ3) is 4.66.